The van der Waals surface area contributed by atoms with Gasteiger partial charge in [0.25, 0.3) is 0 Å². The summed E-state index contributed by atoms with van der Waals surface area (Å²) in [6, 6.07) is 8.65. The molecule has 8 heteroatoms. The molecular weight excluding hydrogens is 480 g/mol. The van der Waals surface area contributed by atoms with Crippen LogP contribution in [-0.4, -0.2) is 45.1 Å². The summed E-state index contributed by atoms with van der Waals surface area (Å²) in [4.78, 5) is 12.3. The minimum atomic E-state index is -0.596. The molecular formula is C30H42N4O4. The Bertz CT molecular complexity index is 1060. The zero-order valence-electron chi connectivity index (χ0n) is 22.9. The van der Waals surface area contributed by atoms with E-state index in [1.165, 1.54) is 18.1 Å². The number of hydrogen-bond acceptors (Lipinski definition) is 7. The maximum Gasteiger partial charge on any atom is 0.303 e. The number of tetrazole rings is 1. The number of rotatable bonds is 13. The van der Waals surface area contributed by atoms with Crippen LogP contribution in [0.5, 0.6) is 0 Å². The van der Waals surface area contributed by atoms with Crippen LogP contribution < -0.4 is 0 Å². The maximum atomic E-state index is 12.3. The Morgan fingerprint density at radius 1 is 1.18 bits per heavy atom. The highest BCUT2D eigenvalue weighted by atomic mass is 16.7. The molecule has 38 heavy (non-hydrogen) atoms. The Balaban J connectivity index is 1.46. The van der Waals surface area contributed by atoms with Crippen molar-refractivity contribution in [3.63, 3.8) is 0 Å². The van der Waals surface area contributed by atoms with Crippen molar-refractivity contribution in [3.8, 4) is 0 Å². The zero-order chi connectivity index (χ0) is 26.6. The van der Waals surface area contributed by atoms with Gasteiger partial charge in [0.1, 0.15) is 17.2 Å². The van der Waals surface area contributed by atoms with E-state index >= 15 is 0 Å². The molecule has 3 atom stereocenters. The lowest BCUT2D eigenvalue weighted by molar-refractivity contribution is -0.169. The number of H-pyrrole nitrogens is 1. The highest BCUT2D eigenvalue weighted by Gasteiger charge is 2.48. The second kappa shape index (κ2) is 14.2. The van der Waals surface area contributed by atoms with Crippen LogP contribution in [-0.2, 0) is 31.8 Å². The zero-order valence-corrected chi connectivity index (χ0v) is 22.9. The van der Waals surface area contributed by atoms with Crippen LogP contribution in [0.1, 0.15) is 88.1 Å². The molecule has 2 heterocycles. The highest BCUT2D eigenvalue weighted by molar-refractivity contribution is 5.66. The van der Waals surface area contributed by atoms with Gasteiger partial charge in [0.05, 0.1) is 12.5 Å². The molecule has 1 aliphatic heterocycles. The van der Waals surface area contributed by atoms with Crippen molar-refractivity contribution in [3.05, 3.63) is 65.2 Å². The fraction of sp³-hybridized carbons (Fsp3) is 0.600. The Kier molecular flexibility index (Phi) is 10.5. The van der Waals surface area contributed by atoms with E-state index in [2.05, 4.69) is 70.0 Å². The molecule has 1 saturated carbocycles. The molecule has 2 fully saturated rings. The number of nitrogens with zero attached hydrogens (tertiary/aromatic N) is 3. The number of esters is 1. The van der Waals surface area contributed by atoms with Gasteiger partial charge in [-0.2, -0.15) is 0 Å². The average molecular weight is 523 g/mol. The lowest BCUT2D eigenvalue weighted by Gasteiger charge is -2.37. The normalized spacial score (nSPS) is 24.1. The van der Waals surface area contributed by atoms with E-state index in [0.717, 1.165) is 88.8 Å². The number of unbranched alkanes of at least 4 members (excludes halogenated alkanes) is 1. The van der Waals surface area contributed by atoms with E-state index < -0.39 is 5.60 Å². The van der Waals surface area contributed by atoms with E-state index in [1.807, 2.05) is 0 Å². The molecule has 2 aromatic rings. The molecule has 1 unspecified atom stereocenters. The summed E-state index contributed by atoms with van der Waals surface area (Å²) in [5, 5.41) is 14.0. The Morgan fingerprint density at radius 3 is 2.87 bits per heavy atom. The quantitative estimate of drug-likeness (QED) is 0.150. The first-order chi connectivity index (χ1) is 18.5. The van der Waals surface area contributed by atoms with Crippen LogP contribution in [0.3, 0.4) is 0 Å². The Labute approximate surface area is 226 Å². The topological polar surface area (TPSA) is 99.2 Å². The van der Waals surface area contributed by atoms with Gasteiger partial charge in [0.2, 0.25) is 0 Å². The first kappa shape index (κ1) is 28.0. The number of carbonyl (C=O) groups excluding carboxylic acids is 1. The number of nitrogens with one attached hydrogen (secondary N) is 1. The summed E-state index contributed by atoms with van der Waals surface area (Å²) in [5.41, 5.74) is 1.99. The summed E-state index contributed by atoms with van der Waals surface area (Å²) >= 11 is 0. The molecule has 206 valence electrons. The number of allylic oxidation sites excluding steroid dienone is 2. The molecule has 0 radical (unpaired) electrons. The van der Waals surface area contributed by atoms with E-state index in [0.29, 0.717) is 6.42 Å². The van der Waals surface area contributed by atoms with E-state index in [4.69, 9.17) is 14.2 Å². The van der Waals surface area contributed by atoms with Crippen molar-refractivity contribution in [1.29, 1.82) is 0 Å². The number of hydrogen-bond donors (Lipinski definition) is 1. The van der Waals surface area contributed by atoms with Crippen molar-refractivity contribution < 1.29 is 19.0 Å². The van der Waals surface area contributed by atoms with Gasteiger partial charge in [0.15, 0.2) is 6.29 Å². The van der Waals surface area contributed by atoms with Crippen LogP contribution in [0.2, 0.25) is 0 Å². The van der Waals surface area contributed by atoms with Crippen molar-refractivity contribution in [2.24, 2.45) is 5.92 Å². The van der Waals surface area contributed by atoms with E-state index in [-0.39, 0.29) is 18.2 Å². The van der Waals surface area contributed by atoms with Crippen LogP contribution in [0.15, 0.2) is 48.3 Å². The van der Waals surface area contributed by atoms with Gasteiger partial charge >= 0.3 is 5.97 Å². The van der Waals surface area contributed by atoms with Crippen molar-refractivity contribution in [2.45, 2.75) is 103 Å². The van der Waals surface area contributed by atoms with Gasteiger partial charge < -0.3 is 14.2 Å². The predicted molar refractivity (Wildman–Crippen MR) is 145 cm³/mol. The number of carbonyl (C=O) groups is 1. The fourth-order valence-corrected chi connectivity index (χ4v) is 5.69. The molecule has 1 aromatic carbocycles. The lowest BCUT2D eigenvalue weighted by Crippen LogP contribution is -2.40. The highest BCUT2D eigenvalue weighted by Crippen LogP contribution is 2.46. The van der Waals surface area contributed by atoms with E-state index in [9.17, 15) is 4.79 Å². The Hall–Kier alpha value is -3.00. The van der Waals surface area contributed by atoms with Gasteiger partial charge in [-0.05, 0) is 86.8 Å². The number of aryl methyl sites for hydroxylation is 3. The maximum absolute atomic E-state index is 12.3. The van der Waals surface area contributed by atoms with Crippen LogP contribution in [0.25, 0.3) is 0 Å². The third kappa shape index (κ3) is 8.25. The molecule has 0 spiro atoms. The minimum absolute atomic E-state index is 0.0133. The SMILES string of the molecule is CC(=O)O[C@@]1(C/C=C\CCCc2nnn[nH]2)CCC[C@H]1C(=CCCc1cccc(C)c1)OC1CCCCO1. The fourth-order valence-electron chi connectivity index (χ4n) is 5.69. The van der Waals surface area contributed by atoms with Crippen molar-refractivity contribution in [2.75, 3.05) is 6.61 Å². The number of aromatic amines is 1. The molecule has 0 bridgehead atoms. The van der Waals surface area contributed by atoms with Crippen LogP contribution in [0.4, 0.5) is 0 Å². The molecule has 1 saturated heterocycles. The largest absolute Gasteiger partial charge is 0.469 e. The molecule has 1 aromatic heterocycles. The first-order valence-corrected chi connectivity index (χ1v) is 14.1. The molecule has 0 amide bonds. The molecule has 1 N–H and O–H groups in total. The third-order valence-electron chi connectivity index (χ3n) is 7.49. The summed E-state index contributed by atoms with van der Waals surface area (Å²) in [7, 11) is 0. The smallest absolute Gasteiger partial charge is 0.303 e. The van der Waals surface area contributed by atoms with Gasteiger partial charge in [-0.25, -0.2) is 5.10 Å². The number of benzene rings is 1. The summed E-state index contributed by atoms with van der Waals surface area (Å²) in [6.07, 6.45) is 17.3. The van der Waals surface area contributed by atoms with Crippen molar-refractivity contribution in [1.82, 2.24) is 20.6 Å². The lowest BCUT2D eigenvalue weighted by atomic mass is 9.84. The summed E-state index contributed by atoms with van der Waals surface area (Å²) in [5.74, 6) is 1.50. The van der Waals surface area contributed by atoms with Crippen LogP contribution in [0, 0.1) is 12.8 Å². The second-order valence-electron chi connectivity index (χ2n) is 10.6. The monoisotopic (exact) mass is 522 g/mol. The molecule has 8 nitrogen and oxygen atoms in total. The average Bonchev–Trinajstić information content (AvgIpc) is 3.56. The Morgan fingerprint density at radius 2 is 2.11 bits per heavy atom. The van der Waals surface area contributed by atoms with Gasteiger partial charge in [-0.1, -0.05) is 42.0 Å². The van der Waals surface area contributed by atoms with Crippen molar-refractivity contribution >= 4 is 5.97 Å². The van der Waals surface area contributed by atoms with E-state index in [1.54, 1.807) is 0 Å². The van der Waals surface area contributed by atoms with Crippen LogP contribution >= 0.6 is 0 Å². The number of aromatic nitrogens is 4. The molecule has 2 aliphatic rings. The first-order valence-electron chi connectivity index (χ1n) is 14.1. The van der Waals surface area contributed by atoms with Gasteiger partial charge in [-0.15, -0.1) is 5.10 Å². The standard InChI is InChI=1S/C30H42N4O4/c1-23-12-9-13-25(22-23)14-10-16-27(37-29-18-6-8-21-36-29)26-15-11-20-30(26,38-24(2)35)19-7-4-3-5-17-28-31-33-34-32-28/h4,7,9,12-13,16,22,26,29H,3,5-6,8,10-11,14-15,17-21H2,1-2H3,(H,31,32,33,34)/b7-4-,27-16?/t26-,29?,30-/m0/s1. The number of ether oxygens (including phenoxy) is 3. The third-order valence-corrected chi connectivity index (χ3v) is 7.49. The second-order valence-corrected chi connectivity index (χ2v) is 10.6. The molecule has 4 rings (SSSR count). The molecule has 1 aliphatic carbocycles. The minimum Gasteiger partial charge on any atom is -0.469 e. The summed E-state index contributed by atoms with van der Waals surface area (Å²) < 4.78 is 18.7. The van der Waals surface area contributed by atoms with Gasteiger partial charge in [-0.3, -0.25) is 4.79 Å². The summed E-state index contributed by atoms with van der Waals surface area (Å²) in [6.45, 7) is 4.37. The predicted octanol–water partition coefficient (Wildman–Crippen LogP) is 5.94. The van der Waals surface area contributed by atoms with Gasteiger partial charge in [0, 0.05) is 26.2 Å².